The van der Waals surface area contributed by atoms with Gasteiger partial charge >= 0.3 is 0 Å². The lowest BCUT2D eigenvalue weighted by atomic mass is 10.1. The highest BCUT2D eigenvalue weighted by Crippen LogP contribution is 2.36. The smallest absolute Gasteiger partial charge is 0.265 e. The summed E-state index contributed by atoms with van der Waals surface area (Å²) < 4.78 is 5.50. The van der Waals surface area contributed by atoms with Crippen LogP contribution in [-0.4, -0.2) is 29.8 Å². The largest absolute Gasteiger partial charge is 0.482 e. The number of Topliss-reactive ketones (excluding diaryl/α,β-unsaturated/α-hetero) is 1. The molecule has 2 heterocycles. The van der Waals surface area contributed by atoms with Crippen molar-refractivity contribution in [1.82, 2.24) is 4.98 Å². The van der Waals surface area contributed by atoms with Crippen LogP contribution >= 0.6 is 11.3 Å². The van der Waals surface area contributed by atoms with Crippen LogP contribution in [0.3, 0.4) is 0 Å². The molecule has 136 valence electrons. The van der Waals surface area contributed by atoms with Gasteiger partial charge in [0, 0.05) is 17.4 Å². The zero-order valence-corrected chi connectivity index (χ0v) is 15.7. The standard InChI is InChI=1S/C21H18N2O3S/c1-14(24)11-23-18-10-16(7-8-19(18)26-12-21(23)25)17-13-27-20(22-17)9-15-5-3-2-4-6-15/h2-8,10,13H,9,11-12H2,1H3. The number of aromatic nitrogens is 1. The average molecular weight is 378 g/mol. The molecule has 0 saturated heterocycles. The second-order valence-corrected chi connectivity index (χ2v) is 7.38. The first kappa shape index (κ1) is 17.4. The van der Waals surface area contributed by atoms with Gasteiger partial charge in [-0.3, -0.25) is 14.5 Å². The van der Waals surface area contributed by atoms with Gasteiger partial charge in [0.2, 0.25) is 0 Å². The van der Waals surface area contributed by atoms with Crippen LogP contribution in [0.4, 0.5) is 5.69 Å². The summed E-state index contributed by atoms with van der Waals surface area (Å²) in [5.74, 6) is 0.331. The van der Waals surface area contributed by atoms with Crippen LogP contribution in [0, 0.1) is 0 Å². The molecule has 1 aliphatic heterocycles. The molecule has 0 bridgehead atoms. The molecule has 2 aromatic carbocycles. The molecular weight excluding hydrogens is 360 g/mol. The first-order valence-electron chi connectivity index (χ1n) is 8.65. The van der Waals surface area contributed by atoms with Crippen molar-refractivity contribution in [3.63, 3.8) is 0 Å². The average Bonchev–Trinajstić information content (AvgIpc) is 3.13. The number of rotatable bonds is 5. The number of ketones is 1. The first-order valence-corrected chi connectivity index (χ1v) is 9.53. The Hall–Kier alpha value is -2.99. The summed E-state index contributed by atoms with van der Waals surface area (Å²) >= 11 is 1.61. The molecule has 0 fully saturated rings. The third kappa shape index (κ3) is 3.75. The van der Waals surface area contributed by atoms with E-state index in [1.54, 1.807) is 11.3 Å². The number of nitrogens with zero attached hydrogens (tertiary/aromatic N) is 2. The van der Waals surface area contributed by atoms with Crippen LogP contribution in [0.2, 0.25) is 0 Å². The Bertz CT molecular complexity index is 998. The van der Waals surface area contributed by atoms with Gasteiger partial charge in [0.25, 0.3) is 5.91 Å². The maximum absolute atomic E-state index is 12.2. The molecule has 0 N–H and O–H groups in total. The van der Waals surface area contributed by atoms with Gasteiger partial charge in [0.1, 0.15) is 11.5 Å². The van der Waals surface area contributed by atoms with Gasteiger partial charge in [0.15, 0.2) is 6.61 Å². The molecule has 0 saturated carbocycles. The Morgan fingerprint density at radius 1 is 1.22 bits per heavy atom. The van der Waals surface area contributed by atoms with Gasteiger partial charge in [-0.05, 0) is 30.7 Å². The number of ether oxygens (including phenoxy) is 1. The third-order valence-corrected chi connectivity index (χ3v) is 5.18. The molecule has 3 aromatic rings. The van der Waals surface area contributed by atoms with Crippen molar-refractivity contribution < 1.29 is 14.3 Å². The molecule has 0 atom stereocenters. The van der Waals surface area contributed by atoms with Crippen molar-refractivity contribution in [2.75, 3.05) is 18.1 Å². The molecule has 1 amide bonds. The van der Waals surface area contributed by atoms with Crippen LogP contribution in [0.1, 0.15) is 17.5 Å². The lowest BCUT2D eigenvalue weighted by Crippen LogP contribution is -2.41. The van der Waals surface area contributed by atoms with Crippen LogP contribution in [-0.2, 0) is 16.0 Å². The molecule has 5 nitrogen and oxygen atoms in total. The van der Waals surface area contributed by atoms with E-state index >= 15 is 0 Å². The Balaban J connectivity index is 1.63. The van der Waals surface area contributed by atoms with Crippen LogP contribution < -0.4 is 9.64 Å². The van der Waals surface area contributed by atoms with Crippen molar-refractivity contribution >= 4 is 28.7 Å². The van der Waals surface area contributed by atoms with E-state index in [-0.39, 0.29) is 24.8 Å². The first-order chi connectivity index (χ1) is 13.1. The number of hydrogen-bond donors (Lipinski definition) is 0. The minimum Gasteiger partial charge on any atom is -0.482 e. The Kier molecular flexibility index (Phi) is 4.73. The van der Waals surface area contributed by atoms with E-state index in [4.69, 9.17) is 9.72 Å². The molecule has 0 aliphatic carbocycles. The zero-order valence-electron chi connectivity index (χ0n) is 14.8. The van der Waals surface area contributed by atoms with E-state index in [2.05, 4.69) is 12.1 Å². The number of amides is 1. The van der Waals surface area contributed by atoms with E-state index in [1.165, 1.54) is 17.4 Å². The number of anilines is 1. The summed E-state index contributed by atoms with van der Waals surface area (Å²) in [4.78, 5) is 30.0. The molecule has 27 heavy (non-hydrogen) atoms. The number of thiazole rings is 1. The monoisotopic (exact) mass is 378 g/mol. The second-order valence-electron chi connectivity index (χ2n) is 6.44. The number of fused-ring (bicyclic) bond motifs is 1. The van der Waals surface area contributed by atoms with Gasteiger partial charge in [-0.2, -0.15) is 0 Å². The predicted molar refractivity (Wildman–Crippen MR) is 105 cm³/mol. The second kappa shape index (κ2) is 7.32. The fourth-order valence-electron chi connectivity index (χ4n) is 3.05. The van der Waals surface area contributed by atoms with Crippen molar-refractivity contribution in [2.24, 2.45) is 0 Å². The molecule has 1 aliphatic rings. The van der Waals surface area contributed by atoms with Crippen molar-refractivity contribution in [2.45, 2.75) is 13.3 Å². The third-order valence-electron chi connectivity index (χ3n) is 4.33. The molecular formula is C21H18N2O3S. The lowest BCUT2D eigenvalue weighted by Gasteiger charge is -2.28. The van der Waals surface area contributed by atoms with Crippen LogP contribution in [0.15, 0.2) is 53.9 Å². The number of carbonyl (C=O) groups excluding carboxylic acids is 2. The number of carbonyl (C=O) groups is 2. The highest BCUT2D eigenvalue weighted by Gasteiger charge is 2.27. The van der Waals surface area contributed by atoms with Gasteiger partial charge in [-0.1, -0.05) is 30.3 Å². The summed E-state index contributed by atoms with van der Waals surface area (Å²) in [6.07, 6.45) is 0.786. The van der Waals surface area contributed by atoms with E-state index < -0.39 is 0 Å². The molecule has 0 spiro atoms. The molecule has 4 rings (SSSR count). The van der Waals surface area contributed by atoms with Crippen LogP contribution in [0.25, 0.3) is 11.3 Å². The van der Waals surface area contributed by atoms with Crippen LogP contribution in [0.5, 0.6) is 5.75 Å². The number of hydrogen-bond acceptors (Lipinski definition) is 5. The predicted octanol–water partition coefficient (Wildman–Crippen LogP) is 3.72. The van der Waals surface area contributed by atoms with E-state index in [0.717, 1.165) is 22.7 Å². The Labute approximate surface area is 161 Å². The fourth-order valence-corrected chi connectivity index (χ4v) is 3.89. The summed E-state index contributed by atoms with van der Waals surface area (Å²) in [5.41, 5.74) is 3.60. The van der Waals surface area contributed by atoms with Gasteiger partial charge < -0.3 is 4.74 Å². The maximum atomic E-state index is 12.2. The summed E-state index contributed by atoms with van der Waals surface area (Å²) in [6.45, 7) is 1.48. The lowest BCUT2D eigenvalue weighted by molar-refractivity contribution is -0.123. The molecule has 0 unspecified atom stereocenters. The molecule has 1 aromatic heterocycles. The van der Waals surface area contributed by atoms with E-state index in [9.17, 15) is 9.59 Å². The quantitative estimate of drug-likeness (QED) is 0.679. The SMILES string of the molecule is CC(=O)CN1C(=O)COc2ccc(-c3csc(Cc4ccccc4)n3)cc21. The minimum atomic E-state index is -0.210. The topological polar surface area (TPSA) is 59.5 Å². The highest BCUT2D eigenvalue weighted by molar-refractivity contribution is 7.10. The Morgan fingerprint density at radius 2 is 2.04 bits per heavy atom. The van der Waals surface area contributed by atoms with E-state index in [1.807, 2.05) is 41.8 Å². The van der Waals surface area contributed by atoms with Crippen molar-refractivity contribution in [1.29, 1.82) is 0 Å². The normalized spacial score (nSPS) is 13.2. The molecule has 0 radical (unpaired) electrons. The van der Waals surface area contributed by atoms with Gasteiger partial charge in [-0.15, -0.1) is 11.3 Å². The molecule has 6 heteroatoms. The summed E-state index contributed by atoms with van der Waals surface area (Å²) in [6, 6.07) is 15.9. The highest BCUT2D eigenvalue weighted by atomic mass is 32.1. The van der Waals surface area contributed by atoms with Crippen molar-refractivity contribution in [3.8, 4) is 17.0 Å². The van der Waals surface area contributed by atoms with Gasteiger partial charge in [-0.25, -0.2) is 4.98 Å². The van der Waals surface area contributed by atoms with Crippen molar-refractivity contribution in [3.05, 3.63) is 64.5 Å². The maximum Gasteiger partial charge on any atom is 0.265 e. The Morgan fingerprint density at radius 3 is 2.81 bits per heavy atom. The van der Waals surface area contributed by atoms with Gasteiger partial charge in [0.05, 0.1) is 22.9 Å². The fraction of sp³-hybridized carbons (Fsp3) is 0.190. The minimum absolute atomic E-state index is 0.0441. The zero-order chi connectivity index (χ0) is 18.8. The summed E-state index contributed by atoms with van der Waals surface area (Å²) in [7, 11) is 0. The van der Waals surface area contributed by atoms with E-state index in [0.29, 0.717) is 11.4 Å². The number of benzene rings is 2. The summed E-state index contributed by atoms with van der Waals surface area (Å²) in [5, 5.41) is 3.04.